The minimum absolute atomic E-state index is 0.144. The van der Waals surface area contributed by atoms with Gasteiger partial charge in [-0.15, -0.1) is 0 Å². The van der Waals surface area contributed by atoms with Crippen molar-refractivity contribution in [3.8, 4) is 0 Å². The maximum absolute atomic E-state index is 14.5. The molecule has 3 amide bonds. The second-order valence-electron chi connectivity index (χ2n) is 6.36. The fraction of sp³-hybridized carbons (Fsp3) is 0.250. The summed E-state index contributed by atoms with van der Waals surface area (Å²) in [6.07, 6.45) is 1.16. The topological polar surface area (TPSA) is 209 Å². The normalized spacial score (nSPS) is 11.6. The van der Waals surface area contributed by atoms with E-state index >= 15 is 0 Å². The van der Waals surface area contributed by atoms with Gasteiger partial charge in [-0.1, -0.05) is 13.8 Å². The van der Waals surface area contributed by atoms with Crippen LogP contribution in [0.15, 0.2) is 17.1 Å². The number of rotatable bonds is 7. The number of aromatic amines is 1. The number of hydrogen-bond acceptors (Lipinski definition) is 8. The Kier molecular flexibility index (Phi) is 6.51. The molecule has 0 unspecified atom stereocenters. The van der Waals surface area contributed by atoms with Crippen LogP contribution in [-0.2, 0) is 9.59 Å². The van der Waals surface area contributed by atoms with Gasteiger partial charge in [0.25, 0.3) is 5.56 Å². The van der Waals surface area contributed by atoms with E-state index in [0.717, 1.165) is 12.3 Å². The molecule has 30 heavy (non-hydrogen) atoms. The molecule has 0 fully saturated rings. The third kappa shape index (κ3) is 4.78. The van der Waals surface area contributed by atoms with Crippen molar-refractivity contribution in [3.05, 3.63) is 28.4 Å². The molecule has 13 nitrogen and oxygen atoms in total. The number of aliphatic carboxylic acids is 1. The van der Waals surface area contributed by atoms with Crippen LogP contribution in [0.5, 0.6) is 0 Å². The van der Waals surface area contributed by atoms with E-state index in [2.05, 4.69) is 25.6 Å². The Morgan fingerprint density at radius 2 is 2.00 bits per heavy atom. The van der Waals surface area contributed by atoms with Crippen LogP contribution in [0, 0.1) is 11.7 Å². The Bertz CT molecular complexity index is 1040. The first kappa shape index (κ1) is 22.1. The molecule has 1 atom stereocenters. The lowest BCUT2D eigenvalue weighted by Crippen LogP contribution is -2.45. The van der Waals surface area contributed by atoms with E-state index < -0.39 is 41.2 Å². The summed E-state index contributed by atoms with van der Waals surface area (Å²) in [6, 6.07) is -1.49. The molecule has 0 spiro atoms. The summed E-state index contributed by atoms with van der Waals surface area (Å²) in [5.41, 5.74) is 9.52. The fourth-order valence-electron chi connectivity index (χ4n) is 2.57. The highest BCUT2D eigenvalue weighted by Gasteiger charge is 2.31. The number of nitrogens with one attached hydrogen (secondary N) is 3. The van der Waals surface area contributed by atoms with Crippen molar-refractivity contribution in [2.24, 2.45) is 5.92 Å². The van der Waals surface area contributed by atoms with Gasteiger partial charge >= 0.3 is 12.0 Å². The highest BCUT2D eigenvalue weighted by atomic mass is 19.1. The number of nitrogens with zero attached hydrogens (tertiary/aromatic N) is 3. The number of pyridine rings is 1. The molecule has 8 N–H and O–H groups in total. The van der Waals surface area contributed by atoms with Gasteiger partial charge in [0.05, 0.1) is 11.9 Å². The predicted octanol–water partition coefficient (Wildman–Crippen LogP) is 0.184. The van der Waals surface area contributed by atoms with E-state index in [0.29, 0.717) is 4.90 Å². The van der Waals surface area contributed by atoms with Crippen LogP contribution >= 0.6 is 0 Å². The zero-order chi connectivity index (χ0) is 22.6. The summed E-state index contributed by atoms with van der Waals surface area (Å²) in [4.78, 5) is 56.7. The van der Waals surface area contributed by atoms with E-state index in [1.54, 1.807) is 13.8 Å². The molecule has 2 rings (SSSR count). The molecule has 0 aliphatic rings. The zero-order valence-electron chi connectivity index (χ0n) is 15.8. The number of nitrogen functional groups attached to an aromatic ring is 2. The van der Waals surface area contributed by atoms with Crippen molar-refractivity contribution >= 4 is 47.4 Å². The van der Waals surface area contributed by atoms with E-state index in [4.69, 9.17) is 11.5 Å². The van der Waals surface area contributed by atoms with Gasteiger partial charge in [0, 0.05) is 6.07 Å². The number of halogens is 1. The van der Waals surface area contributed by atoms with Crippen molar-refractivity contribution in [2.75, 3.05) is 27.0 Å². The molecule has 2 aromatic rings. The first-order valence-corrected chi connectivity index (χ1v) is 8.40. The Morgan fingerprint density at radius 3 is 2.50 bits per heavy atom. The number of carboxylic acid groups (broad SMARTS) is 1. The predicted molar refractivity (Wildman–Crippen MR) is 105 cm³/mol. The summed E-state index contributed by atoms with van der Waals surface area (Å²) >= 11 is 0. The van der Waals surface area contributed by atoms with Crippen molar-refractivity contribution in [1.82, 2.24) is 15.0 Å². The number of carbonyl (C=O) groups excluding carboxylic acids is 2. The van der Waals surface area contributed by atoms with Crippen molar-refractivity contribution in [2.45, 2.75) is 19.9 Å². The van der Waals surface area contributed by atoms with Gasteiger partial charge in [-0.25, -0.2) is 19.0 Å². The molecule has 0 aliphatic heterocycles. The third-order valence-electron chi connectivity index (χ3n) is 3.83. The number of H-pyrrole nitrogens is 1. The smallest absolute Gasteiger partial charge is 0.327 e. The summed E-state index contributed by atoms with van der Waals surface area (Å²) in [5.74, 6) is -4.03. The summed E-state index contributed by atoms with van der Waals surface area (Å²) in [6.45, 7) is 3.10. The zero-order valence-corrected chi connectivity index (χ0v) is 15.8. The molecular weight excluding hydrogens is 403 g/mol. The Morgan fingerprint density at radius 1 is 1.33 bits per heavy atom. The van der Waals surface area contributed by atoms with Crippen LogP contribution in [0.3, 0.4) is 0 Å². The monoisotopic (exact) mass is 422 g/mol. The lowest BCUT2D eigenvalue weighted by atomic mass is 10.0. The van der Waals surface area contributed by atoms with E-state index in [1.807, 2.05) is 0 Å². The van der Waals surface area contributed by atoms with Crippen LogP contribution in [-0.4, -0.2) is 44.5 Å². The first-order valence-electron chi connectivity index (χ1n) is 8.40. The second kappa shape index (κ2) is 8.85. The molecule has 0 bridgehead atoms. The number of anilines is 5. The average molecular weight is 422 g/mol. The van der Waals surface area contributed by atoms with Gasteiger partial charge in [0.15, 0.2) is 23.1 Å². The quantitative estimate of drug-likeness (QED) is 0.336. The van der Waals surface area contributed by atoms with Gasteiger partial charge < -0.3 is 21.9 Å². The van der Waals surface area contributed by atoms with Crippen molar-refractivity contribution in [3.63, 3.8) is 0 Å². The molecule has 0 aliphatic carbocycles. The number of amides is 3. The summed E-state index contributed by atoms with van der Waals surface area (Å²) < 4.78 is 14.5. The molecule has 0 saturated heterocycles. The fourth-order valence-corrected chi connectivity index (χ4v) is 2.57. The van der Waals surface area contributed by atoms with E-state index in [9.17, 15) is 28.7 Å². The number of nitrogens with two attached hydrogens (primary N) is 2. The molecule has 0 radical (unpaired) electrons. The SMILES string of the molecule is CC(C)[C@@H](C(=O)O)N(C=O)c1ncc(NC(=O)Nc2c(N)nc(N)[nH]c2=O)cc1F. The Labute approximate surface area is 168 Å². The van der Waals surface area contributed by atoms with Crippen molar-refractivity contribution < 1.29 is 23.9 Å². The standard InChI is InChI=1S/C16H19FN8O5/c1-6(2)10(14(28)29)25(5-26)12-8(17)3-7(4-20-12)21-16(30)22-9-11(18)23-15(19)24-13(9)27/h3-6,10H,1-2H3,(H,28,29)(H2,21,22,30)(H5,18,19,23,24,27)/t10-/m0/s1. The molecule has 0 saturated carbocycles. The highest BCUT2D eigenvalue weighted by Crippen LogP contribution is 2.23. The van der Waals surface area contributed by atoms with Gasteiger partial charge in [-0.2, -0.15) is 4.98 Å². The number of carboxylic acids is 1. The maximum atomic E-state index is 14.5. The van der Waals surface area contributed by atoms with Gasteiger partial charge in [-0.05, 0) is 5.92 Å². The molecule has 2 heterocycles. The molecular formula is C16H19FN8O5. The van der Waals surface area contributed by atoms with Crippen molar-refractivity contribution in [1.29, 1.82) is 0 Å². The number of urea groups is 1. The lowest BCUT2D eigenvalue weighted by molar-refractivity contribution is -0.140. The molecule has 2 aromatic heterocycles. The lowest BCUT2D eigenvalue weighted by Gasteiger charge is -2.27. The number of carbonyl (C=O) groups is 3. The van der Waals surface area contributed by atoms with Crippen LogP contribution < -0.4 is 32.6 Å². The largest absolute Gasteiger partial charge is 0.480 e. The van der Waals surface area contributed by atoms with Gasteiger partial charge in [-0.3, -0.25) is 24.8 Å². The van der Waals surface area contributed by atoms with Gasteiger partial charge in [0.2, 0.25) is 12.4 Å². The summed E-state index contributed by atoms with van der Waals surface area (Å²) in [5, 5.41) is 13.7. The van der Waals surface area contributed by atoms with Crippen LogP contribution in [0.25, 0.3) is 0 Å². The molecule has 0 aromatic carbocycles. The maximum Gasteiger partial charge on any atom is 0.327 e. The number of hydrogen-bond donors (Lipinski definition) is 6. The summed E-state index contributed by atoms with van der Waals surface area (Å²) in [7, 11) is 0. The highest BCUT2D eigenvalue weighted by molar-refractivity contribution is 6.01. The van der Waals surface area contributed by atoms with Crippen LogP contribution in [0.4, 0.5) is 38.1 Å². The molecule has 160 valence electrons. The van der Waals surface area contributed by atoms with E-state index in [1.165, 1.54) is 0 Å². The third-order valence-corrected chi connectivity index (χ3v) is 3.83. The minimum atomic E-state index is -1.35. The Balaban J connectivity index is 2.23. The van der Waals surface area contributed by atoms with Gasteiger partial charge in [0.1, 0.15) is 6.04 Å². The first-order chi connectivity index (χ1) is 14.0. The Hall–Kier alpha value is -4.23. The van der Waals surface area contributed by atoms with Crippen LogP contribution in [0.1, 0.15) is 13.8 Å². The molecule has 14 heteroatoms. The van der Waals surface area contributed by atoms with Crippen LogP contribution in [0.2, 0.25) is 0 Å². The average Bonchev–Trinajstić information content (AvgIpc) is 2.62. The minimum Gasteiger partial charge on any atom is -0.480 e. The van der Waals surface area contributed by atoms with E-state index in [-0.39, 0.29) is 29.6 Å². The number of aromatic nitrogens is 3. The second-order valence-corrected chi connectivity index (χ2v) is 6.36.